The number of benzene rings is 3. The van der Waals surface area contributed by atoms with Crippen LogP contribution in [0.5, 0.6) is 34.5 Å². The molecule has 0 radical (unpaired) electrons. The van der Waals surface area contributed by atoms with Gasteiger partial charge >= 0.3 is 0 Å². The monoisotopic (exact) mass is 432 g/mol. The molecule has 6 nitrogen and oxygen atoms in total. The van der Waals surface area contributed by atoms with E-state index in [-0.39, 0.29) is 11.5 Å². The van der Waals surface area contributed by atoms with Crippen LogP contribution in [0.4, 0.5) is 0 Å². The summed E-state index contributed by atoms with van der Waals surface area (Å²) in [4.78, 5) is 0. The van der Waals surface area contributed by atoms with E-state index in [1.807, 2.05) is 24.3 Å². The van der Waals surface area contributed by atoms with E-state index >= 15 is 0 Å². The zero-order valence-corrected chi connectivity index (χ0v) is 18.4. The lowest BCUT2D eigenvalue weighted by atomic mass is 9.96. The second-order valence-corrected chi connectivity index (χ2v) is 6.69. The van der Waals surface area contributed by atoms with Crippen molar-refractivity contribution in [3.63, 3.8) is 0 Å². The van der Waals surface area contributed by atoms with E-state index in [2.05, 4.69) is 18.4 Å². The number of aromatic hydroxyl groups is 2. The topological polar surface area (TPSA) is 77.4 Å². The summed E-state index contributed by atoms with van der Waals surface area (Å²) in [6.45, 7) is 4.12. The molecule has 6 heteroatoms. The van der Waals surface area contributed by atoms with Gasteiger partial charge in [0.25, 0.3) is 0 Å². The van der Waals surface area contributed by atoms with Gasteiger partial charge in [-0.1, -0.05) is 30.6 Å². The molecule has 0 aliphatic heterocycles. The van der Waals surface area contributed by atoms with E-state index in [1.54, 1.807) is 24.3 Å². The van der Waals surface area contributed by atoms with Gasteiger partial charge in [0.05, 0.1) is 34.0 Å². The van der Waals surface area contributed by atoms with E-state index in [0.29, 0.717) is 45.3 Å². The molecule has 0 saturated heterocycles. The van der Waals surface area contributed by atoms with Crippen LogP contribution in [0.1, 0.15) is 22.3 Å². The SMILES string of the molecule is C=C(c1ccc(C#Cc2c(OC)ccc(OC)c2O)cc1)c1c(OC)ccc(OC)c1O. The van der Waals surface area contributed by atoms with Crippen LogP contribution in [0.2, 0.25) is 0 Å². The second kappa shape index (κ2) is 9.71. The summed E-state index contributed by atoms with van der Waals surface area (Å²) >= 11 is 0. The quantitative estimate of drug-likeness (QED) is 0.555. The second-order valence-electron chi connectivity index (χ2n) is 6.69. The summed E-state index contributed by atoms with van der Waals surface area (Å²) in [6, 6.07) is 14.0. The molecule has 32 heavy (non-hydrogen) atoms. The number of ether oxygens (including phenoxy) is 4. The Hall–Kier alpha value is -4.24. The van der Waals surface area contributed by atoms with E-state index in [4.69, 9.17) is 18.9 Å². The fraction of sp³-hybridized carbons (Fsp3) is 0.154. The van der Waals surface area contributed by atoms with E-state index in [9.17, 15) is 10.2 Å². The van der Waals surface area contributed by atoms with E-state index in [1.165, 1.54) is 28.4 Å². The molecule has 0 heterocycles. The fourth-order valence-electron chi connectivity index (χ4n) is 3.22. The Balaban J connectivity index is 1.94. The van der Waals surface area contributed by atoms with Gasteiger partial charge in [-0.3, -0.25) is 0 Å². The molecule has 0 aliphatic carbocycles. The van der Waals surface area contributed by atoms with Gasteiger partial charge < -0.3 is 29.2 Å². The molecule has 0 unspecified atom stereocenters. The Morgan fingerprint density at radius 3 is 1.72 bits per heavy atom. The average molecular weight is 432 g/mol. The maximum absolute atomic E-state index is 10.6. The molecular formula is C26H24O6. The first-order valence-electron chi connectivity index (χ1n) is 9.64. The maximum atomic E-state index is 10.6. The number of hydrogen-bond donors (Lipinski definition) is 2. The molecule has 0 fully saturated rings. The minimum Gasteiger partial charge on any atom is -0.504 e. The summed E-state index contributed by atoms with van der Waals surface area (Å²) in [5, 5.41) is 21.0. The third-order valence-corrected chi connectivity index (χ3v) is 4.95. The van der Waals surface area contributed by atoms with Gasteiger partial charge in [-0.15, -0.1) is 0 Å². The Bertz CT molecular complexity index is 1200. The van der Waals surface area contributed by atoms with Crippen molar-refractivity contribution in [3.8, 4) is 46.3 Å². The summed E-state index contributed by atoms with van der Waals surface area (Å²) in [5.41, 5.74) is 2.86. The van der Waals surface area contributed by atoms with Crippen molar-refractivity contribution < 1.29 is 29.2 Å². The smallest absolute Gasteiger partial charge is 0.177 e. The normalized spacial score (nSPS) is 10.0. The first-order valence-corrected chi connectivity index (χ1v) is 9.64. The van der Waals surface area contributed by atoms with Gasteiger partial charge in [-0.05, 0) is 47.5 Å². The van der Waals surface area contributed by atoms with Gasteiger partial charge in [-0.2, -0.15) is 0 Å². The molecule has 0 aromatic heterocycles. The van der Waals surface area contributed by atoms with Gasteiger partial charge in [0.1, 0.15) is 17.1 Å². The van der Waals surface area contributed by atoms with Crippen LogP contribution < -0.4 is 18.9 Å². The van der Waals surface area contributed by atoms with Crippen molar-refractivity contribution in [2.75, 3.05) is 28.4 Å². The molecule has 3 aromatic rings. The Morgan fingerprint density at radius 1 is 0.656 bits per heavy atom. The fourth-order valence-corrected chi connectivity index (χ4v) is 3.22. The van der Waals surface area contributed by atoms with Gasteiger partial charge in [0, 0.05) is 5.56 Å². The molecule has 2 N–H and O–H groups in total. The van der Waals surface area contributed by atoms with Crippen LogP contribution in [-0.2, 0) is 0 Å². The first-order chi connectivity index (χ1) is 15.4. The van der Waals surface area contributed by atoms with Gasteiger partial charge in [-0.25, -0.2) is 0 Å². The minimum atomic E-state index is -0.0788. The van der Waals surface area contributed by atoms with Crippen molar-refractivity contribution in [1.82, 2.24) is 0 Å². The van der Waals surface area contributed by atoms with Crippen LogP contribution in [0, 0.1) is 11.8 Å². The molecule has 0 aliphatic rings. The molecule has 164 valence electrons. The van der Waals surface area contributed by atoms with Crippen LogP contribution in [0.15, 0.2) is 55.1 Å². The highest BCUT2D eigenvalue weighted by molar-refractivity contribution is 5.86. The summed E-state index contributed by atoms with van der Waals surface area (Å²) in [6.07, 6.45) is 0. The van der Waals surface area contributed by atoms with Crippen molar-refractivity contribution in [1.29, 1.82) is 0 Å². The zero-order valence-electron chi connectivity index (χ0n) is 18.4. The van der Waals surface area contributed by atoms with Crippen molar-refractivity contribution in [2.24, 2.45) is 0 Å². The molecule has 0 amide bonds. The van der Waals surface area contributed by atoms with E-state index < -0.39 is 0 Å². The Kier molecular flexibility index (Phi) is 6.81. The molecule has 3 rings (SSSR count). The number of phenolic OH excluding ortho intramolecular Hbond substituents is 2. The average Bonchev–Trinajstić information content (AvgIpc) is 2.82. The van der Waals surface area contributed by atoms with Crippen LogP contribution in [-0.4, -0.2) is 38.7 Å². The third-order valence-electron chi connectivity index (χ3n) is 4.95. The van der Waals surface area contributed by atoms with Gasteiger partial charge in [0.2, 0.25) is 0 Å². The zero-order chi connectivity index (χ0) is 23.3. The van der Waals surface area contributed by atoms with Crippen LogP contribution in [0.25, 0.3) is 5.57 Å². The Morgan fingerprint density at radius 2 is 1.16 bits per heavy atom. The van der Waals surface area contributed by atoms with Crippen molar-refractivity contribution in [3.05, 3.63) is 77.4 Å². The largest absolute Gasteiger partial charge is 0.504 e. The Labute approximate surface area is 187 Å². The molecule has 0 spiro atoms. The molecular weight excluding hydrogens is 408 g/mol. The highest BCUT2D eigenvalue weighted by Gasteiger charge is 2.18. The maximum Gasteiger partial charge on any atom is 0.177 e. The van der Waals surface area contributed by atoms with Crippen LogP contribution in [0.3, 0.4) is 0 Å². The first kappa shape index (κ1) is 22.4. The summed E-state index contributed by atoms with van der Waals surface area (Å²) in [7, 11) is 5.99. The molecule has 3 aromatic carbocycles. The highest BCUT2D eigenvalue weighted by atomic mass is 16.5. The predicted molar refractivity (Wildman–Crippen MR) is 123 cm³/mol. The predicted octanol–water partition coefficient (Wildman–Crippen LogP) is 4.59. The number of hydrogen-bond acceptors (Lipinski definition) is 6. The standard InChI is InChI=1S/C26H24O6/c1-16(24-21(30-3)13-15-23(32-5)26(24)28)18-9-6-17(7-10-18)8-11-19-20(29-2)12-14-22(31-4)25(19)27/h6-7,9-10,12-15,27-28H,1H2,2-5H3. The lowest BCUT2D eigenvalue weighted by Gasteiger charge is -2.15. The summed E-state index contributed by atoms with van der Waals surface area (Å²) in [5.74, 6) is 7.41. The lowest BCUT2D eigenvalue weighted by Crippen LogP contribution is -1.96. The van der Waals surface area contributed by atoms with E-state index in [0.717, 1.165) is 5.56 Å². The molecule has 0 bridgehead atoms. The van der Waals surface area contributed by atoms with Crippen molar-refractivity contribution >= 4 is 5.57 Å². The number of rotatable bonds is 6. The highest BCUT2D eigenvalue weighted by Crippen LogP contribution is 2.42. The van der Waals surface area contributed by atoms with Crippen LogP contribution >= 0.6 is 0 Å². The third kappa shape index (κ3) is 4.28. The number of methoxy groups -OCH3 is 4. The summed E-state index contributed by atoms with van der Waals surface area (Å²) < 4.78 is 21.0. The lowest BCUT2D eigenvalue weighted by molar-refractivity contribution is 0.364. The molecule has 0 atom stereocenters. The number of phenols is 2. The van der Waals surface area contributed by atoms with Gasteiger partial charge in [0.15, 0.2) is 23.0 Å². The molecule has 0 saturated carbocycles. The minimum absolute atomic E-state index is 0.0405. The van der Waals surface area contributed by atoms with Crippen molar-refractivity contribution in [2.45, 2.75) is 0 Å².